The number of hydrogen-bond donors (Lipinski definition) is 1. The van der Waals surface area contributed by atoms with E-state index in [1.54, 1.807) is 11.3 Å². The Bertz CT molecular complexity index is 1290. The number of benzene rings is 1. The fourth-order valence-corrected chi connectivity index (χ4v) is 5.95. The van der Waals surface area contributed by atoms with Crippen LogP contribution in [0.1, 0.15) is 79.4 Å². The predicted octanol–water partition coefficient (Wildman–Crippen LogP) is 5.54. The van der Waals surface area contributed by atoms with Crippen LogP contribution in [0.15, 0.2) is 46.6 Å². The second-order valence-corrected chi connectivity index (χ2v) is 10.4. The van der Waals surface area contributed by atoms with Crippen molar-refractivity contribution in [2.75, 3.05) is 0 Å². The maximum atomic E-state index is 13.1. The number of nitrogens with one attached hydrogen (secondary N) is 1. The zero-order valence-corrected chi connectivity index (χ0v) is 20.7. The molecular formula is C26H32N6OS. The van der Waals surface area contributed by atoms with Crippen molar-refractivity contribution in [3.63, 3.8) is 0 Å². The van der Waals surface area contributed by atoms with Gasteiger partial charge in [0.25, 0.3) is 5.56 Å². The molecule has 7 nitrogen and oxygen atoms in total. The SMILES string of the molecule is CCCC(c1nnnn1C1CCCC1)N(Cc1cccs1)Cc1cc2cccc(C)c2[nH]c1=O. The Kier molecular flexibility index (Phi) is 6.87. The lowest BCUT2D eigenvalue weighted by molar-refractivity contribution is 0.154. The molecule has 3 heterocycles. The van der Waals surface area contributed by atoms with Crippen molar-refractivity contribution in [1.82, 2.24) is 30.1 Å². The summed E-state index contributed by atoms with van der Waals surface area (Å²) in [4.78, 5) is 19.9. The Hall–Kier alpha value is -2.84. The third-order valence-corrected chi connectivity index (χ3v) is 7.83. The van der Waals surface area contributed by atoms with Crippen LogP contribution in [-0.4, -0.2) is 30.1 Å². The summed E-state index contributed by atoms with van der Waals surface area (Å²) in [6.45, 7) is 5.53. The number of aromatic amines is 1. The van der Waals surface area contributed by atoms with Crippen LogP contribution in [0.5, 0.6) is 0 Å². The Morgan fingerprint density at radius 3 is 2.82 bits per heavy atom. The summed E-state index contributed by atoms with van der Waals surface area (Å²) < 4.78 is 2.07. The van der Waals surface area contributed by atoms with Crippen molar-refractivity contribution >= 4 is 22.2 Å². The fourth-order valence-electron chi connectivity index (χ4n) is 5.22. The smallest absolute Gasteiger partial charge is 0.252 e. The van der Waals surface area contributed by atoms with E-state index < -0.39 is 0 Å². The minimum atomic E-state index is -0.0244. The zero-order chi connectivity index (χ0) is 23.5. The first-order valence-electron chi connectivity index (χ1n) is 12.3. The van der Waals surface area contributed by atoms with Crippen LogP contribution in [-0.2, 0) is 13.1 Å². The molecule has 1 saturated carbocycles. The van der Waals surface area contributed by atoms with Crippen molar-refractivity contribution in [1.29, 1.82) is 0 Å². The van der Waals surface area contributed by atoms with Gasteiger partial charge in [-0.2, -0.15) is 0 Å². The quantitative estimate of drug-likeness (QED) is 0.343. The molecule has 0 bridgehead atoms. The minimum absolute atomic E-state index is 0.0244. The molecule has 8 heteroatoms. The molecule has 0 aliphatic heterocycles. The number of thiophene rings is 1. The molecule has 1 N–H and O–H groups in total. The highest BCUT2D eigenvalue weighted by molar-refractivity contribution is 7.09. The van der Waals surface area contributed by atoms with Gasteiger partial charge in [0.05, 0.1) is 17.6 Å². The highest BCUT2D eigenvalue weighted by Gasteiger charge is 2.30. The first-order valence-corrected chi connectivity index (χ1v) is 13.2. The van der Waals surface area contributed by atoms with E-state index in [4.69, 9.17) is 0 Å². The zero-order valence-electron chi connectivity index (χ0n) is 19.9. The molecule has 0 amide bonds. The molecule has 0 spiro atoms. The van der Waals surface area contributed by atoms with Crippen molar-refractivity contribution < 1.29 is 0 Å². The van der Waals surface area contributed by atoms with E-state index in [2.05, 4.69) is 60.6 Å². The monoisotopic (exact) mass is 476 g/mol. The van der Waals surface area contributed by atoms with Gasteiger partial charge in [0, 0.05) is 23.5 Å². The summed E-state index contributed by atoms with van der Waals surface area (Å²) in [5, 5.41) is 16.2. The van der Waals surface area contributed by atoms with E-state index >= 15 is 0 Å². The summed E-state index contributed by atoms with van der Waals surface area (Å²) in [6.07, 6.45) is 6.66. The van der Waals surface area contributed by atoms with Gasteiger partial charge in [-0.3, -0.25) is 9.69 Å². The summed E-state index contributed by atoms with van der Waals surface area (Å²) in [6, 6.07) is 12.8. The molecule has 1 aliphatic carbocycles. The summed E-state index contributed by atoms with van der Waals surface area (Å²) in [5.41, 5.74) is 2.74. The van der Waals surface area contributed by atoms with Crippen LogP contribution in [0.3, 0.4) is 0 Å². The van der Waals surface area contributed by atoms with Gasteiger partial charge in [-0.1, -0.05) is 50.5 Å². The standard InChI is InChI=1S/C26H32N6OS/c1-3-8-23(25-28-29-30-32(25)21-11-4-5-12-21)31(17-22-13-7-14-34-22)16-20-15-19-10-6-9-18(2)24(19)27-26(20)33/h6-7,9-10,13-15,21,23H,3-5,8,11-12,16-17H2,1-2H3,(H,27,33). The molecule has 0 radical (unpaired) electrons. The molecule has 1 aliphatic rings. The molecule has 1 atom stereocenters. The predicted molar refractivity (Wildman–Crippen MR) is 136 cm³/mol. The van der Waals surface area contributed by atoms with E-state index in [0.29, 0.717) is 12.6 Å². The lowest BCUT2D eigenvalue weighted by atomic mass is 10.1. The molecule has 34 heavy (non-hydrogen) atoms. The van der Waals surface area contributed by atoms with Crippen LogP contribution in [0.2, 0.25) is 0 Å². The van der Waals surface area contributed by atoms with E-state index in [0.717, 1.165) is 60.1 Å². The van der Waals surface area contributed by atoms with Crippen LogP contribution < -0.4 is 5.56 Å². The molecule has 178 valence electrons. The third-order valence-electron chi connectivity index (χ3n) is 6.97. The number of fused-ring (bicyclic) bond motifs is 1. The molecule has 1 aromatic carbocycles. The summed E-state index contributed by atoms with van der Waals surface area (Å²) in [7, 11) is 0. The van der Waals surface area contributed by atoms with E-state index in [-0.39, 0.29) is 11.6 Å². The van der Waals surface area contributed by atoms with Gasteiger partial charge in [0.1, 0.15) is 0 Å². The number of para-hydroxylation sites is 1. The van der Waals surface area contributed by atoms with Gasteiger partial charge in [-0.15, -0.1) is 16.4 Å². The number of H-pyrrole nitrogens is 1. The molecule has 1 unspecified atom stereocenters. The van der Waals surface area contributed by atoms with Crippen LogP contribution in [0.4, 0.5) is 0 Å². The Labute approximate surface area is 203 Å². The van der Waals surface area contributed by atoms with Crippen molar-refractivity contribution in [2.24, 2.45) is 0 Å². The Morgan fingerprint density at radius 1 is 1.21 bits per heavy atom. The average molecular weight is 477 g/mol. The lowest BCUT2D eigenvalue weighted by Crippen LogP contribution is -2.33. The van der Waals surface area contributed by atoms with Crippen molar-refractivity contribution in [3.05, 3.63) is 74.0 Å². The highest BCUT2D eigenvalue weighted by Crippen LogP contribution is 2.34. The van der Waals surface area contributed by atoms with Gasteiger partial charge in [-0.25, -0.2) is 4.68 Å². The first-order chi connectivity index (χ1) is 16.6. The van der Waals surface area contributed by atoms with Gasteiger partial charge < -0.3 is 4.98 Å². The number of tetrazole rings is 1. The molecule has 1 fully saturated rings. The number of pyridine rings is 1. The number of rotatable bonds is 9. The second-order valence-electron chi connectivity index (χ2n) is 9.37. The van der Waals surface area contributed by atoms with Crippen molar-refractivity contribution in [2.45, 2.75) is 77.5 Å². The van der Waals surface area contributed by atoms with Crippen molar-refractivity contribution in [3.8, 4) is 0 Å². The van der Waals surface area contributed by atoms with E-state index in [1.165, 1.54) is 17.7 Å². The Morgan fingerprint density at radius 2 is 2.06 bits per heavy atom. The lowest BCUT2D eigenvalue weighted by Gasteiger charge is -2.31. The van der Waals surface area contributed by atoms with Gasteiger partial charge in [-0.05, 0) is 65.1 Å². The molecule has 4 aromatic rings. The summed E-state index contributed by atoms with van der Waals surface area (Å²) >= 11 is 1.75. The first kappa shape index (κ1) is 22.9. The summed E-state index contributed by atoms with van der Waals surface area (Å²) in [5.74, 6) is 0.929. The fraction of sp³-hybridized carbons (Fsp3) is 0.462. The normalized spacial score (nSPS) is 15.5. The van der Waals surface area contributed by atoms with E-state index in [9.17, 15) is 4.79 Å². The number of aromatic nitrogens is 5. The van der Waals surface area contributed by atoms with Gasteiger partial charge in [0.2, 0.25) is 0 Å². The number of hydrogen-bond acceptors (Lipinski definition) is 6. The minimum Gasteiger partial charge on any atom is -0.321 e. The highest BCUT2D eigenvalue weighted by atomic mass is 32.1. The van der Waals surface area contributed by atoms with Crippen LogP contribution >= 0.6 is 11.3 Å². The molecule has 5 rings (SSSR count). The van der Waals surface area contributed by atoms with E-state index in [1.807, 2.05) is 25.1 Å². The van der Waals surface area contributed by atoms with Gasteiger partial charge in [0.15, 0.2) is 5.82 Å². The molecule has 3 aromatic heterocycles. The average Bonchev–Trinajstić information content (AvgIpc) is 3.60. The second kappa shape index (κ2) is 10.2. The topological polar surface area (TPSA) is 79.7 Å². The maximum Gasteiger partial charge on any atom is 0.252 e. The number of nitrogens with zero attached hydrogens (tertiary/aromatic N) is 5. The molecule has 0 saturated heterocycles. The van der Waals surface area contributed by atoms with Crippen LogP contribution in [0.25, 0.3) is 10.9 Å². The van der Waals surface area contributed by atoms with Gasteiger partial charge >= 0.3 is 0 Å². The third kappa shape index (κ3) is 4.70. The maximum absolute atomic E-state index is 13.1. The largest absolute Gasteiger partial charge is 0.321 e. The molecular weight excluding hydrogens is 444 g/mol. The van der Waals surface area contributed by atoms with Crippen LogP contribution in [0, 0.1) is 6.92 Å². The Balaban J connectivity index is 1.54. The number of aryl methyl sites for hydroxylation is 1.